The summed E-state index contributed by atoms with van der Waals surface area (Å²) in [6.07, 6.45) is 2.09. The predicted molar refractivity (Wildman–Crippen MR) is 125 cm³/mol. The summed E-state index contributed by atoms with van der Waals surface area (Å²) in [5, 5.41) is 7.04. The number of amides is 3. The van der Waals surface area contributed by atoms with Crippen LogP contribution in [0, 0.1) is 0 Å². The molecular weight excluding hydrogens is 414 g/mol. The van der Waals surface area contributed by atoms with E-state index in [9.17, 15) is 9.59 Å². The molecule has 31 heavy (non-hydrogen) atoms. The maximum Gasteiger partial charge on any atom is 0.323 e. The number of hydrogen-bond acceptors (Lipinski definition) is 3. The van der Waals surface area contributed by atoms with Crippen LogP contribution in [-0.2, 0) is 0 Å². The van der Waals surface area contributed by atoms with Crippen LogP contribution < -0.4 is 10.6 Å². The Morgan fingerprint density at radius 1 is 1.13 bits per heavy atom. The number of likely N-dealkylation sites (tertiary alicyclic amines) is 1. The molecule has 4 rings (SSSR count). The van der Waals surface area contributed by atoms with Crippen LogP contribution in [0.1, 0.15) is 23.3 Å². The number of rotatable bonds is 4. The van der Waals surface area contributed by atoms with Gasteiger partial charge in [-0.2, -0.15) is 0 Å². The third-order valence-corrected chi connectivity index (χ3v) is 5.91. The third kappa shape index (κ3) is 4.84. The van der Waals surface area contributed by atoms with E-state index >= 15 is 0 Å². The second-order valence-electron chi connectivity index (χ2n) is 8.05. The summed E-state index contributed by atoms with van der Waals surface area (Å²) in [5.41, 5.74) is 2.60. The summed E-state index contributed by atoms with van der Waals surface area (Å²) < 4.78 is 0. The lowest BCUT2D eigenvalue weighted by Gasteiger charge is -2.35. The summed E-state index contributed by atoms with van der Waals surface area (Å²) >= 11 is 5.89. The molecule has 8 heteroatoms. The van der Waals surface area contributed by atoms with E-state index in [0.29, 0.717) is 28.1 Å². The number of benzene rings is 2. The lowest BCUT2D eigenvalue weighted by molar-refractivity contribution is 0.0630. The van der Waals surface area contributed by atoms with Crippen LogP contribution in [0.3, 0.4) is 0 Å². The number of H-pyrrole nitrogens is 1. The van der Waals surface area contributed by atoms with E-state index in [1.54, 1.807) is 24.3 Å². The Kier molecular flexibility index (Phi) is 6.15. The molecule has 1 atom stereocenters. The number of hydrogen-bond donors (Lipinski definition) is 3. The molecule has 7 nitrogen and oxygen atoms in total. The molecule has 1 unspecified atom stereocenters. The number of nitrogens with one attached hydrogen (secondary N) is 3. The van der Waals surface area contributed by atoms with Crippen LogP contribution in [0.4, 0.5) is 16.2 Å². The molecule has 3 N–H and O–H groups in total. The SMILES string of the molecule is CN(C)C1CCCN(C(=O)c2cc3c(NC(=O)Nc4ccc(Cl)cc4)cccc3[nH]2)C1. The van der Waals surface area contributed by atoms with Gasteiger partial charge in [0.1, 0.15) is 5.69 Å². The largest absolute Gasteiger partial charge is 0.350 e. The first-order valence-corrected chi connectivity index (χ1v) is 10.7. The highest BCUT2D eigenvalue weighted by Crippen LogP contribution is 2.26. The number of carbonyl (C=O) groups is 2. The van der Waals surface area contributed by atoms with Crippen molar-refractivity contribution in [2.75, 3.05) is 37.8 Å². The van der Waals surface area contributed by atoms with Gasteiger partial charge in [0.2, 0.25) is 0 Å². The monoisotopic (exact) mass is 439 g/mol. The predicted octanol–water partition coefficient (Wildman–Crippen LogP) is 4.63. The molecule has 1 aliphatic rings. The molecule has 162 valence electrons. The quantitative estimate of drug-likeness (QED) is 0.554. The number of aromatic nitrogens is 1. The van der Waals surface area contributed by atoms with Crippen LogP contribution >= 0.6 is 11.6 Å². The zero-order valence-electron chi connectivity index (χ0n) is 17.6. The first kappa shape index (κ1) is 21.2. The van der Waals surface area contributed by atoms with Gasteiger partial charge in [-0.1, -0.05) is 17.7 Å². The number of likely N-dealkylation sites (N-methyl/N-ethyl adjacent to an activating group) is 1. The minimum atomic E-state index is -0.367. The Labute approximate surface area is 186 Å². The summed E-state index contributed by atoms with van der Waals surface area (Å²) in [6.45, 7) is 1.48. The van der Waals surface area contributed by atoms with Crippen LogP contribution in [0.15, 0.2) is 48.5 Å². The molecule has 0 radical (unpaired) electrons. The topological polar surface area (TPSA) is 80.5 Å². The highest BCUT2D eigenvalue weighted by Gasteiger charge is 2.26. The Hall–Kier alpha value is -3.03. The van der Waals surface area contributed by atoms with E-state index in [0.717, 1.165) is 36.8 Å². The van der Waals surface area contributed by atoms with Gasteiger partial charge in [-0.05, 0) is 69.4 Å². The van der Waals surface area contributed by atoms with Crippen LogP contribution in [0.25, 0.3) is 10.9 Å². The molecule has 0 bridgehead atoms. The van der Waals surface area contributed by atoms with Crippen LogP contribution in [0.2, 0.25) is 5.02 Å². The van der Waals surface area contributed by atoms with Crippen molar-refractivity contribution < 1.29 is 9.59 Å². The smallest absolute Gasteiger partial charge is 0.323 e. The number of halogens is 1. The molecule has 2 heterocycles. The summed E-state index contributed by atoms with van der Waals surface area (Å²) in [4.78, 5) is 32.8. The van der Waals surface area contributed by atoms with Gasteiger partial charge < -0.3 is 25.4 Å². The number of urea groups is 1. The first-order chi connectivity index (χ1) is 14.9. The number of anilines is 2. The third-order valence-electron chi connectivity index (χ3n) is 5.66. The number of aromatic amines is 1. The zero-order valence-corrected chi connectivity index (χ0v) is 18.4. The van der Waals surface area contributed by atoms with Crippen LogP contribution in [-0.4, -0.2) is 59.9 Å². The Morgan fingerprint density at radius 2 is 1.90 bits per heavy atom. The number of nitrogens with zero attached hydrogens (tertiary/aromatic N) is 2. The molecule has 0 saturated carbocycles. The molecule has 0 spiro atoms. The minimum absolute atomic E-state index is 0.0145. The number of piperidine rings is 1. The molecular formula is C23H26ClN5O2. The van der Waals surface area contributed by atoms with Crippen molar-refractivity contribution in [3.8, 4) is 0 Å². The van der Waals surface area contributed by atoms with Crippen molar-refractivity contribution in [1.82, 2.24) is 14.8 Å². The van der Waals surface area contributed by atoms with E-state index in [1.165, 1.54) is 0 Å². The van der Waals surface area contributed by atoms with Crippen molar-refractivity contribution in [3.63, 3.8) is 0 Å². The summed E-state index contributed by atoms with van der Waals surface area (Å²) in [7, 11) is 4.10. The average Bonchev–Trinajstić information content (AvgIpc) is 3.20. The highest BCUT2D eigenvalue weighted by atomic mass is 35.5. The minimum Gasteiger partial charge on any atom is -0.350 e. The van der Waals surface area contributed by atoms with Crippen molar-refractivity contribution in [1.29, 1.82) is 0 Å². The molecule has 3 amide bonds. The maximum atomic E-state index is 13.1. The van der Waals surface area contributed by atoms with Crippen molar-refractivity contribution in [2.24, 2.45) is 0 Å². The van der Waals surface area contributed by atoms with Gasteiger partial charge in [-0.3, -0.25) is 4.79 Å². The fraction of sp³-hybridized carbons (Fsp3) is 0.304. The summed E-state index contributed by atoms with van der Waals surface area (Å²) in [5.74, 6) is -0.0145. The van der Waals surface area contributed by atoms with Crippen molar-refractivity contribution in [2.45, 2.75) is 18.9 Å². The van der Waals surface area contributed by atoms with Gasteiger partial charge in [-0.25, -0.2) is 4.79 Å². The fourth-order valence-electron chi connectivity index (χ4n) is 3.93. The average molecular weight is 440 g/mol. The van der Waals surface area contributed by atoms with Crippen molar-refractivity contribution >= 4 is 45.8 Å². The second-order valence-corrected chi connectivity index (χ2v) is 8.48. The summed E-state index contributed by atoms with van der Waals surface area (Å²) in [6, 6.07) is 14.3. The Morgan fingerprint density at radius 3 is 2.65 bits per heavy atom. The lowest BCUT2D eigenvalue weighted by atomic mass is 10.0. The van der Waals surface area contributed by atoms with Gasteiger partial charge in [0.25, 0.3) is 5.91 Å². The number of fused-ring (bicyclic) bond motifs is 1. The normalized spacial score (nSPS) is 16.5. The van der Waals surface area contributed by atoms with Gasteiger partial charge in [0, 0.05) is 40.7 Å². The van der Waals surface area contributed by atoms with Gasteiger partial charge >= 0.3 is 6.03 Å². The molecule has 1 aliphatic heterocycles. The maximum absolute atomic E-state index is 13.1. The molecule has 1 fully saturated rings. The van der Waals surface area contributed by atoms with E-state index in [-0.39, 0.29) is 11.9 Å². The number of carbonyl (C=O) groups excluding carboxylic acids is 2. The van der Waals surface area contributed by atoms with Crippen LogP contribution in [0.5, 0.6) is 0 Å². The van der Waals surface area contributed by atoms with Gasteiger partial charge in [0.15, 0.2) is 0 Å². The van der Waals surface area contributed by atoms with E-state index < -0.39 is 0 Å². The van der Waals surface area contributed by atoms with Gasteiger partial charge in [-0.15, -0.1) is 0 Å². The fourth-order valence-corrected chi connectivity index (χ4v) is 4.05. The Bertz CT molecular complexity index is 1090. The molecule has 1 aromatic heterocycles. The Balaban J connectivity index is 1.50. The van der Waals surface area contributed by atoms with Gasteiger partial charge in [0.05, 0.1) is 5.69 Å². The second kappa shape index (κ2) is 8.99. The highest BCUT2D eigenvalue weighted by molar-refractivity contribution is 6.30. The van der Waals surface area contributed by atoms with E-state index in [1.807, 2.05) is 29.2 Å². The molecule has 2 aromatic carbocycles. The van der Waals surface area contributed by atoms with E-state index in [2.05, 4.69) is 34.6 Å². The molecule has 0 aliphatic carbocycles. The zero-order chi connectivity index (χ0) is 22.0. The molecule has 3 aromatic rings. The standard InChI is InChI=1S/C23H26ClN5O2/c1-28(2)17-5-4-12-29(14-17)22(30)21-13-18-19(26-21)6-3-7-20(18)27-23(31)25-16-10-8-15(24)9-11-16/h3,6-11,13,17,26H,4-5,12,14H2,1-2H3,(H2,25,27,31). The van der Waals surface area contributed by atoms with Crippen molar-refractivity contribution in [3.05, 3.63) is 59.2 Å². The molecule has 1 saturated heterocycles. The lowest BCUT2D eigenvalue weighted by Crippen LogP contribution is -2.47. The first-order valence-electron chi connectivity index (χ1n) is 10.3. The van der Waals surface area contributed by atoms with E-state index in [4.69, 9.17) is 11.6 Å².